The van der Waals surface area contributed by atoms with Gasteiger partial charge in [0.1, 0.15) is 11.5 Å². The second-order valence-corrected chi connectivity index (χ2v) is 5.80. The monoisotopic (exact) mass is 313 g/mol. The van der Waals surface area contributed by atoms with Gasteiger partial charge in [-0.2, -0.15) is 3.97 Å². The van der Waals surface area contributed by atoms with Gasteiger partial charge in [0.25, 0.3) is 0 Å². The Balaban J connectivity index is 2.21. The summed E-state index contributed by atoms with van der Waals surface area (Å²) in [6.45, 7) is 0. The third-order valence-electron chi connectivity index (χ3n) is 2.07. The molecular formula is C12H10O6PS-. The van der Waals surface area contributed by atoms with Crippen LogP contribution in [0.4, 0.5) is 0 Å². The van der Waals surface area contributed by atoms with E-state index in [4.69, 9.17) is 9.05 Å². The molecule has 20 heavy (non-hydrogen) atoms. The Hall–Kier alpha value is -1.66. The van der Waals surface area contributed by atoms with Crippen molar-refractivity contribution in [1.82, 2.24) is 0 Å². The van der Waals surface area contributed by atoms with E-state index in [1.54, 1.807) is 36.4 Å². The van der Waals surface area contributed by atoms with Crippen molar-refractivity contribution in [2.45, 2.75) is 0 Å². The molecule has 0 aliphatic carbocycles. The van der Waals surface area contributed by atoms with E-state index in [2.05, 4.69) is 3.97 Å². The third-order valence-corrected chi connectivity index (χ3v) is 4.16. The average molecular weight is 313 g/mol. The summed E-state index contributed by atoms with van der Waals surface area (Å²) in [6, 6.07) is 16.0. The highest BCUT2D eigenvalue weighted by atomic mass is 32.2. The van der Waals surface area contributed by atoms with Crippen LogP contribution in [0.25, 0.3) is 0 Å². The van der Waals surface area contributed by atoms with Crippen LogP contribution < -0.4 is 9.05 Å². The molecular weight excluding hydrogens is 303 g/mol. The standard InChI is InChI=1S/C12H11O6PS/c13-19(18-20(14)15,16-11-7-3-1-4-8-11)17-12-9-5-2-6-10-12/h1-10H,(H,14,15)/p-1. The summed E-state index contributed by atoms with van der Waals surface area (Å²) in [5, 5.41) is 0. The van der Waals surface area contributed by atoms with Gasteiger partial charge in [0.2, 0.25) is 0 Å². The van der Waals surface area contributed by atoms with Crippen molar-refractivity contribution in [3.63, 3.8) is 0 Å². The van der Waals surface area contributed by atoms with E-state index >= 15 is 0 Å². The van der Waals surface area contributed by atoms with Gasteiger partial charge in [-0.15, -0.1) is 0 Å². The molecule has 0 radical (unpaired) electrons. The molecule has 1 unspecified atom stereocenters. The summed E-state index contributed by atoms with van der Waals surface area (Å²) in [5.74, 6) is 0.328. The molecule has 0 saturated carbocycles. The van der Waals surface area contributed by atoms with Gasteiger partial charge in [0.15, 0.2) is 0 Å². The largest absolute Gasteiger partial charge is 0.749 e. The summed E-state index contributed by atoms with van der Waals surface area (Å²) in [5.41, 5.74) is 0. The van der Waals surface area contributed by atoms with Gasteiger partial charge in [0, 0.05) is 0 Å². The van der Waals surface area contributed by atoms with Crippen molar-refractivity contribution in [3.05, 3.63) is 60.7 Å². The van der Waals surface area contributed by atoms with Crippen molar-refractivity contribution < 1.29 is 26.3 Å². The number of rotatable bonds is 6. The van der Waals surface area contributed by atoms with Crippen LogP contribution in [0, 0.1) is 0 Å². The predicted molar refractivity (Wildman–Crippen MR) is 71.8 cm³/mol. The highest BCUT2D eigenvalue weighted by Gasteiger charge is 2.32. The van der Waals surface area contributed by atoms with Gasteiger partial charge >= 0.3 is 7.82 Å². The Bertz CT molecular complexity index is 573. The van der Waals surface area contributed by atoms with Crippen LogP contribution in [0.2, 0.25) is 0 Å². The van der Waals surface area contributed by atoms with Crippen molar-refractivity contribution >= 4 is 19.2 Å². The Morgan fingerprint density at radius 2 is 1.25 bits per heavy atom. The molecule has 106 valence electrons. The van der Waals surface area contributed by atoms with Gasteiger partial charge in [-0.1, -0.05) is 36.4 Å². The fraction of sp³-hybridized carbons (Fsp3) is 0. The molecule has 0 spiro atoms. The first kappa shape index (κ1) is 14.7. The molecule has 8 heteroatoms. The molecule has 2 rings (SSSR count). The lowest BCUT2D eigenvalue weighted by Crippen LogP contribution is -2.06. The van der Waals surface area contributed by atoms with E-state index in [-0.39, 0.29) is 11.5 Å². The highest BCUT2D eigenvalue weighted by Crippen LogP contribution is 2.50. The van der Waals surface area contributed by atoms with Crippen LogP contribution in [0.15, 0.2) is 60.7 Å². The summed E-state index contributed by atoms with van der Waals surface area (Å²) < 4.78 is 47.9. The Morgan fingerprint density at radius 1 is 0.850 bits per heavy atom. The van der Waals surface area contributed by atoms with Crippen LogP contribution in [-0.2, 0) is 19.9 Å². The quantitative estimate of drug-likeness (QED) is 0.602. The fourth-order valence-corrected chi connectivity index (χ4v) is 2.98. The Kier molecular flexibility index (Phi) is 4.92. The number of para-hydroxylation sites is 2. The van der Waals surface area contributed by atoms with E-state index in [0.29, 0.717) is 0 Å². The normalized spacial score (nSPS) is 12.7. The molecule has 0 heterocycles. The van der Waals surface area contributed by atoms with Gasteiger partial charge in [0.05, 0.1) is 11.4 Å². The van der Waals surface area contributed by atoms with E-state index in [0.717, 1.165) is 0 Å². The minimum atomic E-state index is -4.33. The molecule has 6 nitrogen and oxygen atoms in total. The molecule has 2 aromatic carbocycles. The van der Waals surface area contributed by atoms with Gasteiger partial charge < -0.3 is 13.6 Å². The Labute approximate surface area is 118 Å². The topological polar surface area (TPSA) is 84.9 Å². The lowest BCUT2D eigenvalue weighted by Gasteiger charge is -2.19. The summed E-state index contributed by atoms with van der Waals surface area (Å²) in [7, 11) is -4.33. The Morgan fingerprint density at radius 3 is 1.60 bits per heavy atom. The van der Waals surface area contributed by atoms with Crippen molar-refractivity contribution in [3.8, 4) is 11.5 Å². The zero-order valence-electron chi connectivity index (χ0n) is 10.1. The lowest BCUT2D eigenvalue weighted by molar-refractivity contribution is 0.294. The third kappa shape index (κ3) is 4.47. The van der Waals surface area contributed by atoms with Gasteiger partial charge in [-0.25, -0.2) is 8.77 Å². The second-order valence-electron chi connectivity index (χ2n) is 3.53. The van der Waals surface area contributed by atoms with Crippen LogP contribution >= 0.6 is 7.82 Å². The zero-order chi connectivity index (χ0) is 14.4. The molecule has 1 atom stereocenters. The molecule has 0 fully saturated rings. The van der Waals surface area contributed by atoms with Gasteiger partial charge in [-0.3, -0.25) is 0 Å². The average Bonchev–Trinajstić information content (AvgIpc) is 2.39. The molecule has 0 amide bonds. The number of hydrogen-bond acceptors (Lipinski definition) is 6. The molecule has 0 aliphatic rings. The van der Waals surface area contributed by atoms with Gasteiger partial charge in [-0.05, 0) is 24.3 Å². The van der Waals surface area contributed by atoms with Crippen LogP contribution in [0.5, 0.6) is 11.5 Å². The molecule has 2 aromatic rings. The molecule has 0 aromatic heterocycles. The maximum absolute atomic E-state index is 12.3. The SMILES string of the molecule is O=S([O-])OP(=O)(Oc1ccccc1)Oc1ccccc1. The number of benzene rings is 2. The van der Waals surface area contributed by atoms with Crippen LogP contribution in [-0.4, -0.2) is 8.76 Å². The highest BCUT2D eigenvalue weighted by molar-refractivity contribution is 7.80. The molecule has 0 saturated heterocycles. The van der Waals surface area contributed by atoms with Crippen molar-refractivity contribution in [2.75, 3.05) is 0 Å². The van der Waals surface area contributed by atoms with E-state index < -0.39 is 19.2 Å². The second kappa shape index (κ2) is 6.67. The van der Waals surface area contributed by atoms with Crippen molar-refractivity contribution in [2.24, 2.45) is 0 Å². The number of phosphoric acid groups is 1. The first-order valence-electron chi connectivity index (χ1n) is 5.46. The summed E-state index contributed by atoms with van der Waals surface area (Å²) >= 11 is -3.05. The minimum absolute atomic E-state index is 0.164. The zero-order valence-corrected chi connectivity index (χ0v) is 11.8. The first-order chi connectivity index (χ1) is 9.57. The van der Waals surface area contributed by atoms with E-state index in [1.807, 2.05) is 0 Å². The smallest absolute Gasteiger partial charge is 0.600 e. The molecule has 0 aliphatic heterocycles. The number of phosphoric ester groups is 1. The maximum atomic E-state index is 12.3. The summed E-state index contributed by atoms with van der Waals surface area (Å²) in [4.78, 5) is 0. The van der Waals surface area contributed by atoms with Crippen molar-refractivity contribution in [1.29, 1.82) is 0 Å². The van der Waals surface area contributed by atoms with Crippen LogP contribution in [0.3, 0.4) is 0 Å². The lowest BCUT2D eigenvalue weighted by atomic mass is 10.3. The predicted octanol–water partition coefficient (Wildman–Crippen LogP) is 3.06. The van der Waals surface area contributed by atoms with E-state index in [1.165, 1.54) is 24.3 Å². The van der Waals surface area contributed by atoms with E-state index in [9.17, 15) is 13.3 Å². The maximum Gasteiger partial charge on any atom is 0.600 e. The first-order valence-corrected chi connectivity index (χ1v) is 7.92. The minimum Gasteiger partial charge on any atom is -0.749 e. The number of hydrogen-bond donors (Lipinski definition) is 0. The molecule has 0 N–H and O–H groups in total. The van der Waals surface area contributed by atoms with Crippen LogP contribution in [0.1, 0.15) is 0 Å². The molecule has 0 bridgehead atoms. The summed E-state index contributed by atoms with van der Waals surface area (Å²) in [6.07, 6.45) is 0. The fourth-order valence-electron chi connectivity index (χ4n) is 1.34.